The summed E-state index contributed by atoms with van der Waals surface area (Å²) in [7, 11) is 0. The van der Waals surface area contributed by atoms with Gasteiger partial charge in [-0.1, -0.05) is 23.7 Å². The van der Waals surface area contributed by atoms with Crippen molar-refractivity contribution in [3.63, 3.8) is 0 Å². The Kier molecular flexibility index (Phi) is 5.71. The lowest BCUT2D eigenvalue weighted by molar-refractivity contribution is -0.145. The number of ether oxygens (including phenoxy) is 1. The van der Waals surface area contributed by atoms with Crippen LogP contribution in [0.2, 0.25) is 5.15 Å². The molecule has 0 aliphatic carbocycles. The predicted molar refractivity (Wildman–Crippen MR) is 99.1 cm³/mol. The monoisotopic (exact) mass is 389 g/mol. The minimum Gasteiger partial charge on any atom is -0.464 e. The summed E-state index contributed by atoms with van der Waals surface area (Å²) in [5.41, 5.74) is 1.41. The zero-order valence-electron chi connectivity index (χ0n) is 14.5. The maximum atomic E-state index is 13.1. The van der Waals surface area contributed by atoms with Gasteiger partial charge < -0.3 is 15.0 Å². The standard InChI is InChI=1S/C19H17ClFN3O3/c1-2-27-19(26)15(9-11-3-6-13(21)7-4-11)23-18(25)14-10-12-5-8-16(20)24-17(12)22-14/h3-8,10,15H,2,9H2,1H3,(H,22,24)(H,23,25). The molecule has 6 nitrogen and oxygen atoms in total. The number of carbonyl (C=O) groups is 2. The number of fused-ring (bicyclic) bond motifs is 1. The minimum absolute atomic E-state index is 0.176. The molecule has 0 radical (unpaired) electrons. The molecule has 2 heterocycles. The van der Waals surface area contributed by atoms with E-state index in [9.17, 15) is 14.0 Å². The number of hydrogen-bond donors (Lipinski definition) is 2. The summed E-state index contributed by atoms with van der Waals surface area (Å²) in [5, 5.41) is 3.68. The number of rotatable bonds is 6. The van der Waals surface area contributed by atoms with Gasteiger partial charge in [0, 0.05) is 11.8 Å². The first kappa shape index (κ1) is 18.8. The molecule has 1 aromatic carbocycles. The molecule has 2 aromatic heterocycles. The van der Waals surface area contributed by atoms with Crippen molar-refractivity contribution in [2.45, 2.75) is 19.4 Å². The fourth-order valence-electron chi connectivity index (χ4n) is 2.63. The largest absolute Gasteiger partial charge is 0.464 e. The first-order valence-electron chi connectivity index (χ1n) is 8.33. The van der Waals surface area contributed by atoms with Crippen LogP contribution in [0.25, 0.3) is 11.0 Å². The van der Waals surface area contributed by atoms with Crippen LogP contribution in [0.1, 0.15) is 23.0 Å². The summed E-state index contributed by atoms with van der Waals surface area (Å²) >= 11 is 5.85. The zero-order valence-corrected chi connectivity index (χ0v) is 15.2. The summed E-state index contributed by atoms with van der Waals surface area (Å²) < 4.78 is 18.1. The second kappa shape index (κ2) is 8.18. The van der Waals surface area contributed by atoms with Gasteiger partial charge in [-0.15, -0.1) is 0 Å². The first-order valence-corrected chi connectivity index (χ1v) is 8.71. The van der Waals surface area contributed by atoms with E-state index in [2.05, 4.69) is 15.3 Å². The van der Waals surface area contributed by atoms with Crippen molar-refractivity contribution in [1.29, 1.82) is 0 Å². The zero-order chi connectivity index (χ0) is 19.4. The Balaban J connectivity index is 1.79. The fraction of sp³-hybridized carbons (Fsp3) is 0.211. The smallest absolute Gasteiger partial charge is 0.328 e. The van der Waals surface area contributed by atoms with Crippen LogP contribution in [0.4, 0.5) is 4.39 Å². The van der Waals surface area contributed by atoms with Gasteiger partial charge in [-0.3, -0.25) is 4.79 Å². The van der Waals surface area contributed by atoms with E-state index in [1.165, 1.54) is 12.1 Å². The van der Waals surface area contributed by atoms with Crippen LogP contribution in [0, 0.1) is 5.82 Å². The van der Waals surface area contributed by atoms with E-state index in [1.54, 1.807) is 37.3 Å². The predicted octanol–water partition coefficient (Wildman–Crippen LogP) is 3.26. The van der Waals surface area contributed by atoms with Gasteiger partial charge in [-0.05, 0) is 42.8 Å². The van der Waals surface area contributed by atoms with E-state index >= 15 is 0 Å². The van der Waals surface area contributed by atoms with E-state index in [0.717, 1.165) is 5.39 Å². The average Bonchev–Trinajstić information content (AvgIpc) is 3.06. The number of amides is 1. The number of pyridine rings is 1. The molecule has 1 amide bonds. The van der Waals surface area contributed by atoms with Crippen LogP contribution in [-0.2, 0) is 16.0 Å². The Labute approximate surface area is 159 Å². The van der Waals surface area contributed by atoms with Crippen LogP contribution in [-0.4, -0.2) is 34.5 Å². The molecular weight excluding hydrogens is 373 g/mol. The third-order valence-corrected chi connectivity index (χ3v) is 4.13. The number of H-pyrrole nitrogens is 1. The normalized spacial score (nSPS) is 12.0. The van der Waals surface area contributed by atoms with Crippen molar-refractivity contribution in [1.82, 2.24) is 15.3 Å². The molecule has 8 heteroatoms. The number of carbonyl (C=O) groups excluding carboxylic acids is 2. The highest BCUT2D eigenvalue weighted by Crippen LogP contribution is 2.16. The van der Waals surface area contributed by atoms with Crippen LogP contribution < -0.4 is 5.32 Å². The maximum Gasteiger partial charge on any atom is 0.328 e. The molecule has 0 fully saturated rings. The van der Waals surface area contributed by atoms with Crippen molar-refractivity contribution in [3.8, 4) is 0 Å². The van der Waals surface area contributed by atoms with Gasteiger partial charge in [0.15, 0.2) is 0 Å². The van der Waals surface area contributed by atoms with Crippen LogP contribution in [0.5, 0.6) is 0 Å². The van der Waals surface area contributed by atoms with Gasteiger partial charge in [0.1, 0.15) is 28.4 Å². The lowest BCUT2D eigenvalue weighted by atomic mass is 10.1. The summed E-state index contributed by atoms with van der Waals surface area (Å²) in [6.07, 6.45) is 0.176. The fourth-order valence-corrected chi connectivity index (χ4v) is 2.78. The number of halogens is 2. The lowest BCUT2D eigenvalue weighted by Gasteiger charge is -2.17. The number of aromatic amines is 1. The van der Waals surface area contributed by atoms with E-state index in [-0.39, 0.29) is 24.5 Å². The number of esters is 1. The Morgan fingerprint density at radius 2 is 2.00 bits per heavy atom. The minimum atomic E-state index is -0.911. The second-order valence-corrected chi connectivity index (χ2v) is 6.25. The number of nitrogens with zero attached hydrogens (tertiary/aromatic N) is 1. The second-order valence-electron chi connectivity index (χ2n) is 5.86. The Morgan fingerprint density at radius 3 is 2.70 bits per heavy atom. The molecule has 2 N–H and O–H groups in total. The number of benzene rings is 1. The van der Waals surface area contributed by atoms with Crippen molar-refractivity contribution in [2.24, 2.45) is 0 Å². The molecule has 0 saturated heterocycles. The van der Waals surface area contributed by atoms with Crippen molar-refractivity contribution >= 4 is 34.5 Å². The molecule has 1 unspecified atom stereocenters. The summed E-state index contributed by atoms with van der Waals surface area (Å²) in [6, 6.07) is 9.78. The molecule has 0 aliphatic rings. The third kappa shape index (κ3) is 4.62. The molecule has 3 aromatic rings. The summed E-state index contributed by atoms with van der Waals surface area (Å²) in [6.45, 7) is 1.87. The molecule has 140 valence electrons. The number of hydrogen-bond acceptors (Lipinski definition) is 4. The van der Waals surface area contributed by atoms with Gasteiger partial charge in [-0.2, -0.15) is 0 Å². The van der Waals surface area contributed by atoms with E-state index in [0.29, 0.717) is 16.4 Å². The van der Waals surface area contributed by atoms with Gasteiger partial charge >= 0.3 is 5.97 Å². The maximum absolute atomic E-state index is 13.1. The molecule has 0 aliphatic heterocycles. The number of aromatic nitrogens is 2. The Morgan fingerprint density at radius 1 is 1.26 bits per heavy atom. The quantitative estimate of drug-likeness (QED) is 0.500. The molecule has 0 saturated carbocycles. The molecule has 1 atom stereocenters. The van der Waals surface area contributed by atoms with E-state index in [1.807, 2.05) is 0 Å². The van der Waals surface area contributed by atoms with Crippen molar-refractivity contribution in [2.75, 3.05) is 6.61 Å². The molecule has 0 spiro atoms. The van der Waals surface area contributed by atoms with Gasteiger partial charge in [-0.25, -0.2) is 14.2 Å². The SMILES string of the molecule is CCOC(=O)C(Cc1ccc(F)cc1)NC(=O)c1cc2ccc(Cl)nc2[nH]1. The lowest BCUT2D eigenvalue weighted by Crippen LogP contribution is -2.43. The third-order valence-electron chi connectivity index (χ3n) is 3.92. The summed E-state index contributed by atoms with van der Waals surface area (Å²) in [4.78, 5) is 31.8. The molecule has 0 bridgehead atoms. The highest BCUT2D eigenvalue weighted by molar-refractivity contribution is 6.29. The summed E-state index contributed by atoms with van der Waals surface area (Å²) in [5.74, 6) is -1.42. The van der Waals surface area contributed by atoms with Crippen LogP contribution >= 0.6 is 11.6 Å². The molecule has 3 rings (SSSR count). The van der Waals surface area contributed by atoms with Crippen LogP contribution in [0.15, 0.2) is 42.5 Å². The van der Waals surface area contributed by atoms with Crippen molar-refractivity contribution < 1.29 is 18.7 Å². The number of nitrogens with one attached hydrogen (secondary N) is 2. The van der Waals surface area contributed by atoms with Crippen molar-refractivity contribution in [3.05, 3.63) is 64.7 Å². The Bertz CT molecular complexity index is 972. The van der Waals surface area contributed by atoms with Gasteiger partial charge in [0.2, 0.25) is 0 Å². The average molecular weight is 390 g/mol. The topological polar surface area (TPSA) is 84.1 Å². The Hall–Kier alpha value is -2.93. The highest BCUT2D eigenvalue weighted by atomic mass is 35.5. The molecular formula is C19H17ClFN3O3. The van der Waals surface area contributed by atoms with Crippen LogP contribution in [0.3, 0.4) is 0 Å². The van der Waals surface area contributed by atoms with E-state index < -0.39 is 17.9 Å². The van der Waals surface area contributed by atoms with E-state index in [4.69, 9.17) is 16.3 Å². The first-order chi connectivity index (χ1) is 13.0. The van der Waals surface area contributed by atoms with Gasteiger partial charge in [0.25, 0.3) is 5.91 Å². The highest BCUT2D eigenvalue weighted by Gasteiger charge is 2.24. The van der Waals surface area contributed by atoms with Gasteiger partial charge in [0.05, 0.1) is 6.61 Å². The molecule has 27 heavy (non-hydrogen) atoms.